The van der Waals surface area contributed by atoms with E-state index < -0.39 is 5.97 Å². The van der Waals surface area contributed by atoms with Crippen molar-refractivity contribution in [3.63, 3.8) is 0 Å². The molecule has 0 saturated heterocycles. The van der Waals surface area contributed by atoms with Crippen LogP contribution >= 0.6 is 0 Å². The van der Waals surface area contributed by atoms with Crippen LogP contribution in [0.25, 0.3) is 0 Å². The van der Waals surface area contributed by atoms with Crippen molar-refractivity contribution >= 4 is 5.97 Å². The number of rotatable bonds is 2. The molecule has 14 heavy (non-hydrogen) atoms. The van der Waals surface area contributed by atoms with Crippen molar-refractivity contribution in [1.82, 2.24) is 0 Å². The lowest BCUT2D eigenvalue weighted by Gasteiger charge is -2.08. The molecule has 0 unspecified atom stereocenters. The first-order valence-electron chi connectivity index (χ1n) is 4.23. The van der Waals surface area contributed by atoms with E-state index in [1.165, 1.54) is 19.2 Å². The summed E-state index contributed by atoms with van der Waals surface area (Å²) in [7, 11) is 1.27. The summed E-state index contributed by atoms with van der Waals surface area (Å²) < 4.78 is 4.49. The van der Waals surface area contributed by atoms with Crippen molar-refractivity contribution in [2.75, 3.05) is 7.11 Å². The number of benzene rings is 1. The molecule has 0 aliphatic rings. The molecule has 1 rings (SSSR count). The van der Waals surface area contributed by atoms with Crippen LogP contribution in [-0.2, 0) is 4.74 Å². The Balaban J connectivity index is 3.07. The van der Waals surface area contributed by atoms with Gasteiger partial charge in [-0.25, -0.2) is 4.79 Å². The number of ether oxygens (including phenoxy) is 1. The third-order valence-electron chi connectivity index (χ3n) is 1.95. The summed E-state index contributed by atoms with van der Waals surface area (Å²) in [5.41, 5.74) is 6.54. The quantitative estimate of drug-likeness (QED) is 0.695. The molecule has 1 aromatic rings. The molecule has 0 amide bonds. The SMILES string of the molecule is COC(=O)c1ccc([C@@H](C)N)cc1O. The molecule has 0 aliphatic heterocycles. The first kappa shape index (κ1) is 10.5. The molecule has 0 heterocycles. The van der Waals surface area contributed by atoms with E-state index in [0.717, 1.165) is 5.56 Å². The van der Waals surface area contributed by atoms with E-state index in [9.17, 15) is 9.90 Å². The minimum absolute atomic E-state index is 0.105. The fraction of sp³-hybridized carbons (Fsp3) is 0.300. The highest BCUT2D eigenvalue weighted by atomic mass is 16.5. The predicted octanol–water partition coefficient (Wildman–Crippen LogP) is 1.20. The summed E-state index contributed by atoms with van der Waals surface area (Å²) in [6, 6.07) is 4.49. The highest BCUT2D eigenvalue weighted by molar-refractivity contribution is 5.92. The number of carbonyl (C=O) groups is 1. The molecule has 0 spiro atoms. The third-order valence-corrected chi connectivity index (χ3v) is 1.95. The number of methoxy groups -OCH3 is 1. The second-order valence-corrected chi connectivity index (χ2v) is 3.06. The third kappa shape index (κ3) is 2.03. The summed E-state index contributed by atoms with van der Waals surface area (Å²) in [6.07, 6.45) is 0. The maximum absolute atomic E-state index is 11.1. The van der Waals surface area contributed by atoms with Crippen LogP contribution in [0.15, 0.2) is 18.2 Å². The van der Waals surface area contributed by atoms with Crippen molar-refractivity contribution in [3.05, 3.63) is 29.3 Å². The van der Waals surface area contributed by atoms with E-state index in [1.54, 1.807) is 13.0 Å². The molecule has 0 fully saturated rings. The van der Waals surface area contributed by atoms with Crippen LogP contribution in [0, 0.1) is 0 Å². The lowest BCUT2D eigenvalue weighted by atomic mass is 10.1. The van der Waals surface area contributed by atoms with Gasteiger partial charge in [0.2, 0.25) is 0 Å². The molecule has 0 aromatic heterocycles. The van der Waals surface area contributed by atoms with Gasteiger partial charge in [-0.15, -0.1) is 0 Å². The van der Waals surface area contributed by atoms with Gasteiger partial charge in [-0.2, -0.15) is 0 Å². The van der Waals surface area contributed by atoms with Gasteiger partial charge in [0.15, 0.2) is 0 Å². The maximum Gasteiger partial charge on any atom is 0.341 e. The van der Waals surface area contributed by atoms with Crippen molar-refractivity contribution in [2.24, 2.45) is 5.73 Å². The van der Waals surface area contributed by atoms with Crippen molar-refractivity contribution in [1.29, 1.82) is 0 Å². The number of hydrogen-bond acceptors (Lipinski definition) is 4. The number of esters is 1. The molecule has 1 aromatic carbocycles. The molecular formula is C10H13NO3. The van der Waals surface area contributed by atoms with E-state index in [4.69, 9.17) is 5.73 Å². The van der Waals surface area contributed by atoms with E-state index in [0.29, 0.717) is 0 Å². The van der Waals surface area contributed by atoms with Gasteiger partial charge in [0.25, 0.3) is 0 Å². The Morgan fingerprint density at radius 1 is 1.57 bits per heavy atom. The molecule has 4 nitrogen and oxygen atoms in total. The van der Waals surface area contributed by atoms with E-state index in [1.807, 2.05) is 0 Å². The first-order valence-corrected chi connectivity index (χ1v) is 4.23. The van der Waals surface area contributed by atoms with Crippen molar-refractivity contribution in [3.8, 4) is 5.75 Å². The standard InChI is InChI=1S/C10H13NO3/c1-6(11)7-3-4-8(9(12)5-7)10(13)14-2/h3-6,12H,11H2,1-2H3/t6-/m1/s1. The van der Waals surface area contributed by atoms with Gasteiger partial charge < -0.3 is 15.6 Å². The Bertz CT molecular complexity index is 347. The lowest BCUT2D eigenvalue weighted by Crippen LogP contribution is -2.06. The normalized spacial score (nSPS) is 12.2. The van der Waals surface area contributed by atoms with Crippen LogP contribution in [0.4, 0.5) is 0 Å². The topological polar surface area (TPSA) is 72.5 Å². The van der Waals surface area contributed by atoms with Crippen molar-refractivity contribution < 1.29 is 14.6 Å². The summed E-state index contributed by atoms with van der Waals surface area (Å²) in [5, 5.41) is 9.49. The smallest absolute Gasteiger partial charge is 0.341 e. The monoisotopic (exact) mass is 195 g/mol. The van der Waals surface area contributed by atoms with Crippen molar-refractivity contribution in [2.45, 2.75) is 13.0 Å². The molecule has 4 heteroatoms. The van der Waals surface area contributed by atoms with Gasteiger partial charge in [-0.05, 0) is 24.6 Å². The fourth-order valence-electron chi connectivity index (χ4n) is 1.11. The molecular weight excluding hydrogens is 182 g/mol. The largest absolute Gasteiger partial charge is 0.507 e. The van der Waals surface area contributed by atoms with Crippen LogP contribution in [0.1, 0.15) is 28.9 Å². The summed E-state index contributed by atoms with van der Waals surface area (Å²) in [6.45, 7) is 1.80. The second-order valence-electron chi connectivity index (χ2n) is 3.06. The Kier molecular flexibility index (Phi) is 3.09. The van der Waals surface area contributed by atoms with E-state index in [2.05, 4.69) is 4.74 Å². The highest BCUT2D eigenvalue weighted by Gasteiger charge is 2.12. The van der Waals surface area contributed by atoms with Crippen LogP contribution in [0.3, 0.4) is 0 Å². The molecule has 3 N–H and O–H groups in total. The molecule has 76 valence electrons. The summed E-state index contributed by atoms with van der Waals surface area (Å²) in [4.78, 5) is 11.1. The Morgan fingerprint density at radius 2 is 2.21 bits per heavy atom. The second kappa shape index (κ2) is 4.11. The number of phenols is 1. The Morgan fingerprint density at radius 3 is 2.64 bits per heavy atom. The lowest BCUT2D eigenvalue weighted by molar-refractivity contribution is 0.0597. The van der Waals surface area contributed by atoms with Gasteiger partial charge in [0, 0.05) is 6.04 Å². The summed E-state index contributed by atoms with van der Waals surface area (Å²) in [5.74, 6) is -0.662. The zero-order valence-electron chi connectivity index (χ0n) is 8.15. The predicted molar refractivity (Wildman–Crippen MR) is 52.0 cm³/mol. The molecule has 0 radical (unpaired) electrons. The van der Waals surface area contributed by atoms with E-state index in [-0.39, 0.29) is 17.4 Å². The highest BCUT2D eigenvalue weighted by Crippen LogP contribution is 2.22. The Labute approximate surface area is 82.3 Å². The first-order chi connectivity index (χ1) is 6.56. The van der Waals surface area contributed by atoms with Gasteiger partial charge in [-0.1, -0.05) is 6.07 Å². The molecule has 1 atom stereocenters. The minimum atomic E-state index is -0.557. The number of carbonyl (C=O) groups excluding carboxylic acids is 1. The van der Waals surface area contributed by atoms with Crippen LogP contribution < -0.4 is 5.73 Å². The average Bonchev–Trinajstić information content (AvgIpc) is 2.16. The van der Waals surface area contributed by atoms with Gasteiger partial charge >= 0.3 is 5.97 Å². The number of hydrogen-bond donors (Lipinski definition) is 2. The number of nitrogens with two attached hydrogens (primary N) is 1. The van der Waals surface area contributed by atoms with Crippen LogP contribution in [-0.4, -0.2) is 18.2 Å². The zero-order chi connectivity index (χ0) is 10.7. The zero-order valence-corrected chi connectivity index (χ0v) is 8.15. The maximum atomic E-state index is 11.1. The van der Waals surface area contributed by atoms with Crippen LogP contribution in [0.5, 0.6) is 5.75 Å². The minimum Gasteiger partial charge on any atom is -0.507 e. The van der Waals surface area contributed by atoms with Crippen LogP contribution in [0.2, 0.25) is 0 Å². The Hall–Kier alpha value is -1.55. The summed E-state index contributed by atoms with van der Waals surface area (Å²) >= 11 is 0. The fourth-order valence-corrected chi connectivity index (χ4v) is 1.11. The van der Waals surface area contributed by atoms with Gasteiger partial charge in [-0.3, -0.25) is 0 Å². The molecule has 0 aliphatic carbocycles. The molecule has 0 bridgehead atoms. The number of aromatic hydroxyl groups is 1. The van der Waals surface area contributed by atoms with Gasteiger partial charge in [0.1, 0.15) is 11.3 Å². The molecule has 0 saturated carbocycles. The van der Waals surface area contributed by atoms with Gasteiger partial charge in [0.05, 0.1) is 7.11 Å². The number of phenolic OH excluding ortho intramolecular Hbond substituents is 1. The average molecular weight is 195 g/mol. The van der Waals surface area contributed by atoms with E-state index >= 15 is 0 Å².